The van der Waals surface area contributed by atoms with Crippen LogP contribution in [0.5, 0.6) is 0 Å². The van der Waals surface area contributed by atoms with Crippen molar-refractivity contribution in [3.63, 3.8) is 0 Å². The summed E-state index contributed by atoms with van der Waals surface area (Å²) in [4.78, 5) is 7.09. The van der Waals surface area contributed by atoms with Gasteiger partial charge in [0.2, 0.25) is 0 Å². The Bertz CT molecular complexity index is 343. The van der Waals surface area contributed by atoms with Crippen molar-refractivity contribution in [1.29, 1.82) is 0 Å². The largest absolute Gasteiger partial charge is 0.356 e. The van der Waals surface area contributed by atoms with Crippen molar-refractivity contribution in [3.8, 4) is 0 Å². The first-order valence-electron chi connectivity index (χ1n) is 7.31. The van der Waals surface area contributed by atoms with Gasteiger partial charge in [-0.15, -0.1) is 0 Å². The van der Waals surface area contributed by atoms with Gasteiger partial charge in [0.15, 0.2) is 0 Å². The number of pyridine rings is 1. The van der Waals surface area contributed by atoms with Crippen LogP contribution in [0.2, 0.25) is 0 Å². The summed E-state index contributed by atoms with van der Waals surface area (Å²) in [6.07, 6.45) is 8.66. The van der Waals surface area contributed by atoms with E-state index >= 15 is 0 Å². The van der Waals surface area contributed by atoms with Crippen LogP contribution in [-0.4, -0.2) is 24.6 Å². The second kappa shape index (κ2) is 7.37. The van der Waals surface area contributed by atoms with Crippen molar-refractivity contribution in [2.45, 2.75) is 45.6 Å². The molecular formula is C15H25N3. The molecule has 0 amide bonds. The Hall–Kier alpha value is -1.09. The molecule has 1 aliphatic heterocycles. The van der Waals surface area contributed by atoms with Crippen LogP contribution in [-0.2, 0) is 6.54 Å². The highest BCUT2D eigenvalue weighted by atomic mass is 15.2. The predicted molar refractivity (Wildman–Crippen MR) is 76.9 cm³/mol. The molecular weight excluding hydrogens is 222 g/mol. The van der Waals surface area contributed by atoms with Crippen molar-refractivity contribution in [1.82, 2.24) is 10.3 Å². The molecule has 0 atom stereocenters. The SMILES string of the molecule is CCNCc1cccnc1N1CCCCCCC1. The molecule has 1 aromatic heterocycles. The molecule has 0 bridgehead atoms. The predicted octanol–water partition coefficient (Wildman–Crippen LogP) is 2.96. The van der Waals surface area contributed by atoms with Crippen LogP contribution in [0, 0.1) is 0 Å². The summed E-state index contributed by atoms with van der Waals surface area (Å²) in [5.74, 6) is 1.19. The minimum atomic E-state index is 0.927. The average molecular weight is 247 g/mol. The van der Waals surface area contributed by atoms with E-state index in [2.05, 4.69) is 28.2 Å². The highest BCUT2D eigenvalue weighted by Gasteiger charge is 2.13. The van der Waals surface area contributed by atoms with Crippen LogP contribution in [0.15, 0.2) is 18.3 Å². The van der Waals surface area contributed by atoms with Crippen molar-refractivity contribution < 1.29 is 0 Å². The summed E-state index contributed by atoms with van der Waals surface area (Å²) in [6.45, 7) is 6.41. The van der Waals surface area contributed by atoms with Gasteiger partial charge < -0.3 is 10.2 Å². The van der Waals surface area contributed by atoms with Gasteiger partial charge in [0.05, 0.1) is 0 Å². The smallest absolute Gasteiger partial charge is 0.133 e. The number of hydrogen-bond acceptors (Lipinski definition) is 3. The van der Waals surface area contributed by atoms with Crippen LogP contribution in [0.4, 0.5) is 5.82 Å². The zero-order valence-electron chi connectivity index (χ0n) is 11.5. The lowest BCUT2D eigenvalue weighted by Crippen LogP contribution is -2.29. The maximum atomic E-state index is 4.61. The first-order valence-corrected chi connectivity index (χ1v) is 7.31. The minimum Gasteiger partial charge on any atom is -0.356 e. The van der Waals surface area contributed by atoms with Crippen LogP contribution in [0.1, 0.15) is 44.6 Å². The van der Waals surface area contributed by atoms with E-state index in [1.807, 2.05) is 12.3 Å². The first-order chi connectivity index (χ1) is 8.92. The van der Waals surface area contributed by atoms with Gasteiger partial charge in [0, 0.05) is 31.4 Å². The number of hydrogen-bond donors (Lipinski definition) is 1. The molecule has 1 aliphatic rings. The fourth-order valence-electron chi connectivity index (χ4n) is 2.57. The fourth-order valence-corrected chi connectivity index (χ4v) is 2.57. The molecule has 1 aromatic rings. The summed E-state index contributed by atoms with van der Waals surface area (Å²) in [5.41, 5.74) is 1.33. The molecule has 0 saturated carbocycles. The first kappa shape index (κ1) is 13.3. The third-order valence-corrected chi connectivity index (χ3v) is 3.59. The van der Waals surface area contributed by atoms with E-state index in [4.69, 9.17) is 0 Å². The average Bonchev–Trinajstić information content (AvgIpc) is 2.37. The topological polar surface area (TPSA) is 28.2 Å². The lowest BCUT2D eigenvalue weighted by atomic mass is 10.1. The maximum Gasteiger partial charge on any atom is 0.133 e. The molecule has 0 aromatic carbocycles. The van der Waals surface area contributed by atoms with Gasteiger partial charge in [-0.05, 0) is 25.5 Å². The van der Waals surface area contributed by atoms with E-state index in [1.54, 1.807) is 0 Å². The molecule has 0 aliphatic carbocycles. The van der Waals surface area contributed by atoms with Crippen molar-refractivity contribution >= 4 is 5.82 Å². The summed E-state index contributed by atoms with van der Waals surface area (Å²) in [6, 6.07) is 4.24. The molecule has 1 N–H and O–H groups in total. The highest BCUT2D eigenvalue weighted by Crippen LogP contribution is 2.20. The Balaban J connectivity index is 2.08. The van der Waals surface area contributed by atoms with Gasteiger partial charge in [0.1, 0.15) is 5.82 Å². The number of aromatic nitrogens is 1. The van der Waals surface area contributed by atoms with Gasteiger partial charge in [-0.1, -0.05) is 32.3 Å². The Morgan fingerprint density at radius 3 is 2.61 bits per heavy atom. The maximum absolute atomic E-state index is 4.61. The van der Waals surface area contributed by atoms with Crippen LogP contribution in [0.3, 0.4) is 0 Å². The molecule has 3 nitrogen and oxygen atoms in total. The van der Waals surface area contributed by atoms with Gasteiger partial charge in [-0.25, -0.2) is 4.98 Å². The van der Waals surface area contributed by atoms with Gasteiger partial charge >= 0.3 is 0 Å². The van der Waals surface area contributed by atoms with E-state index < -0.39 is 0 Å². The number of nitrogens with one attached hydrogen (secondary N) is 1. The molecule has 0 unspecified atom stereocenters. The van der Waals surface area contributed by atoms with E-state index in [0.717, 1.165) is 26.2 Å². The number of rotatable bonds is 4. The second-order valence-corrected chi connectivity index (χ2v) is 5.02. The van der Waals surface area contributed by atoms with E-state index in [1.165, 1.54) is 43.5 Å². The van der Waals surface area contributed by atoms with Crippen molar-refractivity contribution in [2.75, 3.05) is 24.5 Å². The van der Waals surface area contributed by atoms with Crippen molar-refractivity contribution in [3.05, 3.63) is 23.9 Å². The molecule has 0 radical (unpaired) electrons. The molecule has 18 heavy (non-hydrogen) atoms. The number of nitrogens with zero attached hydrogens (tertiary/aromatic N) is 2. The Kier molecular flexibility index (Phi) is 5.46. The second-order valence-electron chi connectivity index (χ2n) is 5.02. The molecule has 2 rings (SSSR count). The molecule has 1 saturated heterocycles. The summed E-state index contributed by atoms with van der Waals surface area (Å²) < 4.78 is 0. The van der Waals surface area contributed by atoms with Crippen LogP contribution in [0.25, 0.3) is 0 Å². The molecule has 0 spiro atoms. The lowest BCUT2D eigenvalue weighted by molar-refractivity contribution is 0.552. The normalized spacial score (nSPS) is 17.3. The lowest BCUT2D eigenvalue weighted by Gasteiger charge is -2.27. The Morgan fingerprint density at radius 1 is 1.17 bits per heavy atom. The standard InChI is InChI=1S/C15H25N3/c1-2-16-13-14-9-8-10-17-15(14)18-11-6-4-3-5-7-12-18/h8-10,16H,2-7,11-13H2,1H3. The number of anilines is 1. The van der Waals surface area contributed by atoms with Crippen LogP contribution < -0.4 is 10.2 Å². The van der Waals surface area contributed by atoms with Gasteiger partial charge in [0.25, 0.3) is 0 Å². The zero-order valence-corrected chi connectivity index (χ0v) is 11.5. The summed E-state index contributed by atoms with van der Waals surface area (Å²) in [7, 11) is 0. The van der Waals surface area contributed by atoms with Gasteiger partial charge in [-0.3, -0.25) is 0 Å². The minimum absolute atomic E-state index is 0.927. The Morgan fingerprint density at radius 2 is 1.89 bits per heavy atom. The summed E-state index contributed by atoms with van der Waals surface area (Å²) >= 11 is 0. The third kappa shape index (κ3) is 3.70. The van der Waals surface area contributed by atoms with E-state index in [-0.39, 0.29) is 0 Å². The van der Waals surface area contributed by atoms with E-state index in [9.17, 15) is 0 Å². The molecule has 3 heteroatoms. The monoisotopic (exact) mass is 247 g/mol. The summed E-state index contributed by atoms with van der Waals surface area (Å²) in [5, 5.41) is 3.41. The van der Waals surface area contributed by atoms with Crippen LogP contribution >= 0.6 is 0 Å². The highest BCUT2D eigenvalue weighted by molar-refractivity contribution is 5.46. The quantitative estimate of drug-likeness (QED) is 0.886. The molecule has 1 fully saturated rings. The van der Waals surface area contributed by atoms with Crippen molar-refractivity contribution in [2.24, 2.45) is 0 Å². The van der Waals surface area contributed by atoms with Gasteiger partial charge in [-0.2, -0.15) is 0 Å². The third-order valence-electron chi connectivity index (χ3n) is 3.59. The van der Waals surface area contributed by atoms with E-state index in [0.29, 0.717) is 0 Å². The Labute approximate surface area is 111 Å². The molecule has 2 heterocycles. The zero-order chi connectivity index (χ0) is 12.6. The molecule has 100 valence electrons. The fraction of sp³-hybridized carbons (Fsp3) is 0.667.